The molecule has 2 N–H and O–H groups in total. The van der Waals surface area contributed by atoms with Crippen molar-refractivity contribution >= 4 is 17.5 Å². The second kappa shape index (κ2) is 7.29. The highest BCUT2D eigenvalue weighted by Crippen LogP contribution is 2.15. The Morgan fingerprint density at radius 2 is 2.20 bits per heavy atom. The second-order valence-electron chi connectivity index (χ2n) is 5.94. The lowest BCUT2D eigenvalue weighted by Crippen LogP contribution is -2.47. The van der Waals surface area contributed by atoms with Gasteiger partial charge in [-0.3, -0.25) is 14.6 Å². The summed E-state index contributed by atoms with van der Waals surface area (Å²) in [6.07, 6.45) is 1.54. The van der Waals surface area contributed by atoms with Crippen molar-refractivity contribution in [2.75, 3.05) is 24.5 Å². The molecule has 0 aliphatic carbocycles. The number of nitrogens with zero attached hydrogens (tertiary/aromatic N) is 2. The highest BCUT2D eigenvalue weighted by Gasteiger charge is 2.18. The number of aromatic nitrogens is 1. The van der Waals surface area contributed by atoms with Gasteiger partial charge in [0.25, 0.3) is 5.91 Å². The molecule has 2 aromatic rings. The summed E-state index contributed by atoms with van der Waals surface area (Å²) in [5.41, 5.74) is 2.28. The zero-order valence-electron chi connectivity index (χ0n) is 13.9. The van der Waals surface area contributed by atoms with Crippen LogP contribution in [0.4, 0.5) is 10.1 Å². The fourth-order valence-electron chi connectivity index (χ4n) is 2.62. The molecule has 0 radical (unpaired) electrons. The zero-order valence-corrected chi connectivity index (χ0v) is 13.9. The number of hydrogen-bond donors (Lipinski definition) is 2. The molecule has 2 heterocycles. The molecule has 1 aromatic carbocycles. The molecule has 1 aliphatic rings. The van der Waals surface area contributed by atoms with Gasteiger partial charge in [0.15, 0.2) is 0 Å². The summed E-state index contributed by atoms with van der Waals surface area (Å²) in [5, 5.41) is 5.49. The highest BCUT2D eigenvalue weighted by atomic mass is 19.1. The van der Waals surface area contributed by atoms with E-state index < -0.39 is 0 Å². The van der Waals surface area contributed by atoms with Crippen molar-refractivity contribution < 1.29 is 14.0 Å². The van der Waals surface area contributed by atoms with E-state index in [1.54, 1.807) is 37.4 Å². The maximum Gasteiger partial charge on any atom is 0.270 e. The maximum absolute atomic E-state index is 13.6. The largest absolute Gasteiger partial charge is 0.360 e. The van der Waals surface area contributed by atoms with E-state index >= 15 is 0 Å². The van der Waals surface area contributed by atoms with Crippen LogP contribution >= 0.6 is 0 Å². The van der Waals surface area contributed by atoms with Gasteiger partial charge in [-0.25, -0.2) is 4.39 Å². The molecular formula is C18H19FN4O2. The number of rotatable bonds is 4. The number of nitrogens with one attached hydrogen (secondary N) is 2. The lowest BCUT2D eigenvalue weighted by Gasteiger charge is -2.28. The molecule has 0 spiro atoms. The van der Waals surface area contributed by atoms with Crippen LogP contribution < -0.4 is 15.5 Å². The van der Waals surface area contributed by atoms with E-state index in [0.717, 1.165) is 5.69 Å². The first kappa shape index (κ1) is 16.9. The van der Waals surface area contributed by atoms with Crippen molar-refractivity contribution in [2.24, 2.45) is 0 Å². The van der Waals surface area contributed by atoms with Crippen molar-refractivity contribution in [3.05, 3.63) is 59.2 Å². The quantitative estimate of drug-likeness (QED) is 0.881. The normalized spacial score (nSPS) is 14.2. The number of pyridine rings is 1. The number of aryl methyl sites for hydroxylation is 1. The van der Waals surface area contributed by atoms with Crippen LogP contribution in [0.5, 0.6) is 0 Å². The monoisotopic (exact) mass is 342 g/mol. The Balaban J connectivity index is 1.66. The van der Waals surface area contributed by atoms with Gasteiger partial charge in [-0.1, -0.05) is 12.1 Å². The number of amides is 2. The van der Waals surface area contributed by atoms with Crippen molar-refractivity contribution in [1.82, 2.24) is 15.6 Å². The molecular weight excluding hydrogens is 323 g/mol. The molecule has 1 aliphatic heterocycles. The smallest absolute Gasteiger partial charge is 0.270 e. The van der Waals surface area contributed by atoms with E-state index in [-0.39, 0.29) is 36.4 Å². The van der Waals surface area contributed by atoms with E-state index in [1.807, 2.05) is 4.90 Å². The number of benzene rings is 1. The lowest BCUT2D eigenvalue weighted by atomic mass is 10.1. The molecule has 6 nitrogen and oxygen atoms in total. The van der Waals surface area contributed by atoms with Gasteiger partial charge >= 0.3 is 0 Å². The Hall–Kier alpha value is -2.96. The molecule has 0 saturated carbocycles. The highest BCUT2D eigenvalue weighted by molar-refractivity contribution is 5.93. The van der Waals surface area contributed by atoms with Gasteiger partial charge in [-0.05, 0) is 36.2 Å². The van der Waals surface area contributed by atoms with Crippen molar-refractivity contribution in [2.45, 2.75) is 13.5 Å². The fourth-order valence-corrected chi connectivity index (χ4v) is 2.62. The van der Waals surface area contributed by atoms with Crippen LogP contribution in [0.1, 0.15) is 21.6 Å². The van der Waals surface area contributed by atoms with Gasteiger partial charge in [-0.15, -0.1) is 0 Å². The molecule has 1 saturated heterocycles. The van der Waals surface area contributed by atoms with E-state index in [4.69, 9.17) is 0 Å². The third kappa shape index (κ3) is 4.12. The van der Waals surface area contributed by atoms with E-state index in [9.17, 15) is 14.0 Å². The molecule has 0 bridgehead atoms. The summed E-state index contributed by atoms with van der Waals surface area (Å²) >= 11 is 0. The van der Waals surface area contributed by atoms with E-state index in [2.05, 4.69) is 15.6 Å². The maximum atomic E-state index is 13.6. The van der Waals surface area contributed by atoms with Gasteiger partial charge < -0.3 is 15.5 Å². The number of carbonyl (C=O) groups is 2. The van der Waals surface area contributed by atoms with Gasteiger partial charge in [0, 0.05) is 31.5 Å². The van der Waals surface area contributed by atoms with Crippen LogP contribution in [0, 0.1) is 12.7 Å². The Morgan fingerprint density at radius 1 is 1.36 bits per heavy atom. The second-order valence-corrected chi connectivity index (χ2v) is 5.94. The molecule has 25 heavy (non-hydrogen) atoms. The summed E-state index contributed by atoms with van der Waals surface area (Å²) in [5.74, 6) is -0.685. The topological polar surface area (TPSA) is 74.3 Å². The summed E-state index contributed by atoms with van der Waals surface area (Å²) in [7, 11) is 0. The summed E-state index contributed by atoms with van der Waals surface area (Å²) in [4.78, 5) is 29.8. The summed E-state index contributed by atoms with van der Waals surface area (Å²) < 4.78 is 13.6. The van der Waals surface area contributed by atoms with Gasteiger partial charge in [-0.2, -0.15) is 0 Å². The number of piperazine rings is 1. The lowest BCUT2D eigenvalue weighted by molar-refractivity contribution is -0.120. The minimum Gasteiger partial charge on any atom is -0.360 e. The molecule has 0 unspecified atom stereocenters. The molecule has 1 fully saturated rings. The van der Waals surface area contributed by atoms with Gasteiger partial charge in [0.1, 0.15) is 11.5 Å². The van der Waals surface area contributed by atoms with Crippen molar-refractivity contribution in [3.63, 3.8) is 0 Å². The minimum absolute atomic E-state index is 0.0459. The predicted octanol–water partition coefficient (Wildman–Crippen LogP) is 1.40. The van der Waals surface area contributed by atoms with Gasteiger partial charge in [0.05, 0.1) is 6.54 Å². The Morgan fingerprint density at radius 3 is 2.96 bits per heavy atom. The van der Waals surface area contributed by atoms with Crippen LogP contribution in [0.2, 0.25) is 0 Å². The SMILES string of the molecule is Cc1ccc(CNC(=O)c2cc(N3CCNC(=O)C3)ccn2)cc1F. The molecule has 7 heteroatoms. The third-order valence-corrected chi connectivity index (χ3v) is 4.07. The number of halogens is 1. The first-order chi connectivity index (χ1) is 12.0. The minimum atomic E-state index is -0.343. The average Bonchev–Trinajstić information content (AvgIpc) is 2.62. The van der Waals surface area contributed by atoms with E-state index in [1.165, 1.54) is 6.07 Å². The number of carbonyl (C=O) groups excluding carboxylic acids is 2. The predicted molar refractivity (Wildman–Crippen MR) is 91.8 cm³/mol. The Labute approximate surface area is 145 Å². The molecule has 2 amide bonds. The van der Waals surface area contributed by atoms with Crippen LogP contribution in [0.15, 0.2) is 36.5 Å². The van der Waals surface area contributed by atoms with Gasteiger partial charge in [0.2, 0.25) is 5.91 Å². The average molecular weight is 342 g/mol. The first-order valence-corrected chi connectivity index (χ1v) is 8.04. The third-order valence-electron chi connectivity index (χ3n) is 4.07. The van der Waals surface area contributed by atoms with Crippen LogP contribution in [0.3, 0.4) is 0 Å². The molecule has 130 valence electrons. The van der Waals surface area contributed by atoms with E-state index in [0.29, 0.717) is 24.2 Å². The first-order valence-electron chi connectivity index (χ1n) is 8.04. The fraction of sp³-hybridized carbons (Fsp3) is 0.278. The summed E-state index contributed by atoms with van der Waals surface area (Å²) in [6.45, 7) is 3.41. The van der Waals surface area contributed by atoms with Crippen LogP contribution in [-0.4, -0.2) is 36.4 Å². The Kier molecular flexibility index (Phi) is 4.92. The molecule has 3 rings (SSSR count). The van der Waals surface area contributed by atoms with Crippen LogP contribution in [0.25, 0.3) is 0 Å². The zero-order chi connectivity index (χ0) is 17.8. The number of anilines is 1. The Bertz CT molecular complexity index is 809. The van der Waals surface area contributed by atoms with Crippen molar-refractivity contribution in [1.29, 1.82) is 0 Å². The molecule has 0 atom stereocenters. The molecule has 1 aromatic heterocycles. The summed E-state index contributed by atoms with van der Waals surface area (Å²) in [6, 6.07) is 8.28. The number of hydrogen-bond acceptors (Lipinski definition) is 4. The van der Waals surface area contributed by atoms with Crippen molar-refractivity contribution in [3.8, 4) is 0 Å². The standard InChI is InChI=1S/C18H19FN4O2/c1-12-2-3-13(8-15(12)19)10-22-18(25)16-9-14(4-5-20-16)23-7-6-21-17(24)11-23/h2-5,8-9H,6-7,10-11H2,1H3,(H,21,24)(H,22,25). The van der Waals surface area contributed by atoms with Crippen LogP contribution in [-0.2, 0) is 11.3 Å².